The van der Waals surface area contributed by atoms with Gasteiger partial charge in [0, 0.05) is 80.1 Å². The molecular weight excluding hydrogens is 1770 g/mol. The Hall–Kier alpha value is -8.22. The monoisotopic (exact) mass is 1900 g/mol. The van der Waals surface area contributed by atoms with Crippen molar-refractivity contribution in [2.75, 3.05) is 26.3 Å². The molecule has 12 unspecified atom stereocenters. The van der Waals surface area contributed by atoms with Gasteiger partial charge >= 0.3 is 29.2 Å². The summed E-state index contributed by atoms with van der Waals surface area (Å²) in [4.78, 5) is 125. The average molecular weight is 1900 g/mol. The number of benzene rings is 2. The number of carbonyl (C=O) groups excluding carboxylic acids is 5. The first-order valence-electron chi connectivity index (χ1n) is 46.3. The molecule has 3 amide bonds. The second-order valence-electron chi connectivity index (χ2n) is 36.4. The molecule has 2 aromatic carbocycles. The summed E-state index contributed by atoms with van der Waals surface area (Å²) in [6.07, 6.45) is -20.0. The highest BCUT2D eigenvalue weighted by molar-refractivity contribution is 5.88. The number of aliphatic hydroxyl groups is 10. The molecule has 41 heteroatoms. The lowest BCUT2D eigenvalue weighted by Gasteiger charge is -2.49. The topological polar surface area (TPSA) is 655 Å². The fraction of sp³-hybridized carbons (Fsp3) is 0.720. The number of aliphatic hydroxyl groups excluding tert-OH is 10. The predicted molar refractivity (Wildman–Crippen MR) is 472 cm³/mol. The van der Waals surface area contributed by atoms with Gasteiger partial charge in [0.25, 0.3) is 0 Å². The number of nitrogens with two attached hydrogens (primary N) is 1. The molecule has 4 aliphatic carbocycles. The van der Waals surface area contributed by atoms with E-state index in [-0.39, 0.29) is 124 Å². The number of carbonyl (C=O) groups is 8. The Morgan fingerprint density at radius 1 is 0.485 bits per heavy atom. The number of hydrogen-bond acceptors (Lipinski definition) is 35. The Labute approximate surface area is 774 Å². The van der Waals surface area contributed by atoms with Gasteiger partial charge < -0.3 is 154 Å². The van der Waals surface area contributed by atoms with E-state index < -0.39 is 237 Å². The van der Waals surface area contributed by atoms with Crippen LogP contribution in [0, 0.1) is 35.5 Å². The maximum absolute atomic E-state index is 14.0. The zero-order valence-corrected chi connectivity index (χ0v) is 75.7. The van der Waals surface area contributed by atoms with Gasteiger partial charge in [0.1, 0.15) is 120 Å². The van der Waals surface area contributed by atoms with E-state index in [4.69, 9.17) is 67.0 Å². The Morgan fingerprint density at radius 2 is 0.881 bits per heavy atom. The first-order valence-corrected chi connectivity index (χ1v) is 46.3. The average Bonchev–Trinajstić information content (AvgIpc) is 0.776. The quantitative estimate of drug-likeness (QED) is 0.0228. The van der Waals surface area contributed by atoms with Gasteiger partial charge in [-0.3, -0.25) is 28.8 Å². The van der Waals surface area contributed by atoms with Crippen LogP contribution in [0.15, 0.2) is 67.0 Å². The molecule has 0 radical (unpaired) electrons. The summed E-state index contributed by atoms with van der Waals surface area (Å²) >= 11 is 0. The van der Waals surface area contributed by atoms with Crippen molar-refractivity contribution in [3.05, 3.63) is 80.5 Å². The Kier molecular flexibility index (Phi) is 42.0. The van der Waals surface area contributed by atoms with Crippen molar-refractivity contribution >= 4 is 69.1 Å². The molecule has 20 N–H and O–H groups in total. The van der Waals surface area contributed by atoms with Crippen LogP contribution in [0.25, 0.3) is 21.9 Å². The second kappa shape index (κ2) is 51.4. The molecule has 0 bridgehead atoms. The smallest absolute Gasteiger partial charge is 0.336 e. The summed E-state index contributed by atoms with van der Waals surface area (Å²) in [7, 11) is 0. The first kappa shape index (κ1) is 109. The van der Waals surface area contributed by atoms with Gasteiger partial charge in [-0.2, -0.15) is 0 Å². The molecule has 6 heterocycles. The fourth-order valence-corrected chi connectivity index (χ4v) is 19.6. The maximum Gasteiger partial charge on any atom is 0.336 e. The third-order valence-corrected chi connectivity index (χ3v) is 26.7. The fourth-order valence-electron chi connectivity index (χ4n) is 19.6. The van der Waals surface area contributed by atoms with Crippen molar-refractivity contribution in [3.8, 4) is 11.5 Å². The van der Waals surface area contributed by atoms with E-state index in [2.05, 4.69) is 16.0 Å². The summed E-state index contributed by atoms with van der Waals surface area (Å²) in [6.45, 7) is 8.29. The van der Waals surface area contributed by atoms with Crippen molar-refractivity contribution in [1.29, 1.82) is 0 Å². The molecular formula is C93H138N4O37. The number of carboxylic acid groups (broad SMARTS) is 3. The summed E-state index contributed by atoms with van der Waals surface area (Å²) in [5.41, 5.74) is 5.46. The van der Waals surface area contributed by atoms with Crippen LogP contribution in [-0.2, 0) is 98.6 Å². The summed E-state index contributed by atoms with van der Waals surface area (Å²) in [6, 6.07) is 8.22. The Balaban J connectivity index is 0.000000261. The predicted octanol–water partition coefficient (Wildman–Crippen LogP) is 2.41. The number of hydrogen-bond donors (Lipinski definition) is 19. The van der Waals surface area contributed by atoms with Gasteiger partial charge in [0.15, 0.2) is 37.4 Å². The largest absolute Gasteiger partial charge is 0.508 e. The maximum atomic E-state index is 14.0. The van der Waals surface area contributed by atoms with Crippen molar-refractivity contribution in [2.24, 2.45) is 41.2 Å². The van der Waals surface area contributed by atoms with Crippen LogP contribution in [-0.4, -0.2) is 309 Å². The van der Waals surface area contributed by atoms with E-state index in [9.17, 15) is 119 Å². The highest BCUT2D eigenvalue weighted by Crippen LogP contribution is 2.44. The highest BCUT2D eigenvalue weighted by atomic mass is 16.7. The van der Waals surface area contributed by atoms with Gasteiger partial charge in [-0.25, -0.2) is 19.2 Å². The van der Waals surface area contributed by atoms with Crippen molar-refractivity contribution in [1.82, 2.24) is 16.0 Å². The van der Waals surface area contributed by atoms with Crippen LogP contribution < -0.4 is 32.9 Å². The van der Waals surface area contributed by atoms with Crippen LogP contribution in [0.3, 0.4) is 0 Å². The lowest BCUT2D eigenvalue weighted by molar-refractivity contribution is -0.338. The van der Waals surface area contributed by atoms with Crippen LogP contribution >= 0.6 is 0 Å². The van der Waals surface area contributed by atoms with Crippen molar-refractivity contribution in [2.45, 2.75) is 362 Å². The Bertz CT molecular complexity index is 4600. The molecule has 134 heavy (non-hydrogen) atoms. The van der Waals surface area contributed by atoms with Gasteiger partial charge in [0.2, 0.25) is 17.7 Å². The SMILES string of the molecule is C.CCC1CC(C(=O)CCCN)C[C@@H](O[C@@H]2O[C@@H](CO)[C@H](O)C(O[C@@H](CC3CCCCC3)C(=O)O)C2NC(C)=O)[C@@H]1OC1O[C@@H](C)[C@H](O)C(O)[C@@H]1O.CCC1CC(C(=O)CCCNC(=O)Cc2cc(=O)oc3cc(O)ccc23)C[C@@H](O[C@@H]2O[C@@H](CO)[C@H](O)C(O[C@@H](CC3CCCCC3)C(=O)O)C2NC(C)=O)[C@@H]1OC1O[C@@H](C)[C@H](O)C(O)[C@@H]1O.O=C(O)Cc1cc(=O)oc2cc(O)ccc12. The number of nitrogens with one attached hydrogen (secondary N) is 3. The molecule has 30 atom stereocenters. The van der Waals surface area contributed by atoms with Crippen LogP contribution in [0.2, 0.25) is 0 Å². The van der Waals surface area contributed by atoms with Crippen LogP contribution in [0.5, 0.6) is 11.5 Å². The zero-order chi connectivity index (χ0) is 96.9. The standard InChI is InChI=1S/C46H66N2O18.C35H60N2O14.C11H8O5.CH4/c1-4-25-16-27(30(52)11-8-14-47-35(53)18-26-19-36(54)62-31-20-28(51)12-13-29(26)31)17-32(42(25)66-46-41(58)40(57)38(55)22(2)61-46)64-45-37(48-23(3)50)43(39(56)34(21-49)65-45)63-33(44(59)60)15-24-9-6-5-7-10-24;1-4-20-14-21(22(40)11-8-12-36)15-23(31(20)51-35-30(44)29(43)27(41)17(2)47-35)49-34-26(37-18(3)39)32(28(42)25(16-38)50-34)48-24(33(45)46)13-19-9-6-5-7-10-19;12-7-1-2-8-6(3-10(13)14)4-11(15)16-9(8)5-7;/h12-13,19-20,22,24-25,27,32-34,37-43,45-46,49,51,55-58H,4-11,14-18,21H2,1-3H3,(H,47,53)(H,48,50)(H,59,60);17,19-21,23-32,34-35,38,41-44H,4-16,36H2,1-3H3,(H,37,39)(H,45,46);1-2,4-5,12H,3H2,(H,13,14);1H4/t22-,25?,27?,32+,33-,34-,37?,38-,39-,40?,41-,42+,43?,45+,46?;17-,20?,21?,23+,24-,25-,26?,27-,28-,29?,30-,31+,32?,34+,35?;;/m00../s1. The van der Waals surface area contributed by atoms with E-state index in [1.54, 1.807) is 6.07 Å². The van der Waals surface area contributed by atoms with E-state index in [1.807, 2.05) is 13.8 Å². The molecule has 0 spiro atoms. The van der Waals surface area contributed by atoms with Crippen molar-refractivity contribution in [3.63, 3.8) is 0 Å². The number of aromatic hydroxyl groups is 2. The number of ketones is 2. The summed E-state index contributed by atoms with van der Waals surface area (Å²) < 4.78 is 72.1. The number of Topliss-reactive ketones (excluding diaryl/α,β-unsaturated/α-hetero) is 2. The van der Waals surface area contributed by atoms with Gasteiger partial charge in [0.05, 0.1) is 62.7 Å². The minimum absolute atomic E-state index is 0. The molecule has 4 saturated carbocycles. The second-order valence-corrected chi connectivity index (χ2v) is 36.4. The van der Waals surface area contributed by atoms with E-state index in [1.165, 1.54) is 64.1 Å². The number of amides is 3. The van der Waals surface area contributed by atoms with E-state index in [0.717, 1.165) is 70.3 Å². The molecule has 41 nitrogen and oxygen atoms in total. The van der Waals surface area contributed by atoms with Crippen molar-refractivity contribution < 1.29 is 171 Å². The highest BCUT2D eigenvalue weighted by Gasteiger charge is 2.56. The number of carboxylic acids is 3. The number of rotatable bonds is 37. The number of aliphatic carboxylic acids is 3. The number of phenolic OH excluding ortho intramolecular Hbond substituents is 2. The number of fused-ring (bicyclic) bond motifs is 2. The molecule has 8 fully saturated rings. The zero-order valence-electron chi connectivity index (χ0n) is 75.7. The molecule has 4 saturated heterocycles. The lowest BCUT2D eigenvalue weighted by Crippen LogP contribution is -2.67. The van der Waals surface area contributed by atoms with Gasteiger partial charge in [-0.05, 0) is 131 Å². The molecule has 8 aliphatic rings. The lowest BCUT2D eigenvalue weighted by atomic mass is 9.74. The van der Waals surface area contributed by atoms with Crippen LogP contribution in [0.1, 0.15) is 201 Å². The third kappa shape index (κ3) is 29.2. The van der Waals surface area contributed by atoms with E-state index in [0.29, 0.717) is 60.5 Å². The van der Waals surface area contributed by atoms with E-state index >= 15 is 0 Å². The minimum atomic E-state index is -1.68. The summed E-state index contributed by atoms with van der Waals surface area (Å²) in [5.74, 6) is -7.12. The molecule has 12 rings (SSSR count). The molecule has 2 aromatic heterocycles. The third-order valence-electron chi connectivity index (χ3n) is 26.7. The molecule has 752 valence electrons. The summed E-state index contributed by atoms with van der Waals surface area (Å²) in [5, 5.41) is 164. The number of ether oxygens (including phenoxy) is 10. The number of phenols is 2. The normalized spacial score (nSPS) is 33.0. The Morgan fingerprint density at radius 3 is 1.25 bits per heavy atom. The van der Waals surface area contributed by atoms with Gasteiger partial charge in [-0.1, -0.05) is 98.3 Å². The van der Waals surface area contributed by atoms with Crippen LogP contribution in [0.4, 0.5) is 0 Å². The van der Waals surface area contributed by atoms with Gasteiger partial charge in [-0.15, -0.1) is 0 Å². The first-order chi connectivity index (χ1) is 63.3. The molecule has 4 aromatic rings. The molecule has 4 aliphatic heterocycles. The minimum Gasteiger partial charge on any atom is -0.508 e.